The summed E-state index contributed by atoms with van der Waals surface area (Å²) in [7, 11) is 0. The topological polar surface area (TPSA) is 0 Å². The Balaban J connectivity index is 1.24. The van der Waals surface area contributed by atoms with Crippen LogP contribution in [0.4, 0.5) is 0 Å². The Kier molecular flexibility index (Phi) is 4.85. The molecule has 2 aliphatic carbocycles. The molecule has 0 aliphatic heterocycles. The van der Waals surface area contributed by atoms with E-state index in [4.69, 9.17) is 0 Å². The number of hydrogen-bond acceptors (Lipinski definition) is 0. The van der Waals surface area contributed by atoms with Crippen molar-refractivity contribution in [2.75, 3.05) is 0 Å². The molecule has 0 bridgehead atoms. The van der Waals surface area contributed by atoms with Gasteiger partial charge in [0.2, 0.25) is 0 Å². The van der Waals surface area contributed by atoms with Gasteiger partial charge in [0.15, 0.2) is 0 Å². The molecule has 0 spiro atoms. The molecule has 0 radical (unpaired) electrons. The van der Waals surface area contributed by atoms with E-state index >= 15 is 0 Å². The highest BCUT2D eigenvalue weighted by Gasteiger charge is 2.45. The highest BCUT2D eigenvalue weighted by atomic mass is 14.5. The maximum atomic E-state index is 3.56. The van der Waals surface area contributed by atoms with Gasteiger partial charge in [-0.3, -0.25) is 0 Å². The molecule has 0 heteroatoms. The summed E-state index contributed by atoms with van der Waals surface area (Å²) in [6.07, 6.45) is 0. The molecule has 0 aromatic heterocycles. The van der Waals surface area contributed by atoms with E-state index in [0.29, 0.717) is 0 Å². The number of benzene rings is 6. The minimum atomic E-state index is -0.0973. The van der Waals surface area contributed by atoms with Crippen LogP contribution in [0.25, 0.3) is 43.8 Å². The normalized spacial score (nSPS) is 15.1. The van der Waals surface area contributed by atoms with Crippen molar-refractivity contribution in [1.29, 1.82) is 0 Å². The number of rotatable bonds is 1. The minimum absolute atomic E-state index is 0.0658. The largest absolute Gasteiger partial charge is 0.0617 e. The zero-order valence-electron chi connectivity index (χ0n) is 24.3. The summed E-state index contributed by atoms with van der Waals surface area (Å²) < 4.78 is 0. The molecule has 6 aromatic carbocycles. The summed E-state index contributed by atoms with van der Waals surface area (Å²) in [6.45, 7) is 11.8. The molecule has 0 nitrogen and oxygen atoms in total. The standard InChI is InChI=1S/C41H32/c1-25-22-34-39-37-30(25)13-9-15-33(37)40(2,3)35-23-27(24-36(38(35)39)41(34,4)5)17-16-26-18-20-29(21-19-26)32-14-8-11-28-10-6-7-12-31(28)32/h6-15,18-24H,1-5H3. The van der Waals surface area contributed by atoms with E-state index in [1.165, 1.54) is 71.6 Å². The zero-order chi connectivity index (χ0) is 28.1. The third kappa shape index (κ3) is 3.30. The fourth-order valence-corrected chi connectivity index (χ4v) is 7.54. The van der Waals surface area contributed by atoms with Gasteiger partial charge in [-0.05, 0) is 103 Å². The summed E-state index contributed by atoms with van der Waals surface area (Å²) in [5.41, 5.74) is 14.4. The maximum absolute atomic E-state index is 3.56. The van der Waals surface area contributed by atoms with E-state index < -0.39 is 0 Å². The van der Waals surface area contributed by atoms with Crippen LogP contribution >= 0.6 is 0 Å². The van der Waals surface area contributed by atoms with Gasteiger partial charge in [0.1, 0.15) is 0 Å². The molecule has 0 atom stereocenters. The third-order valence-corrected chi connectivity index (χ3v) is 9.79. The van der Waals surface area contributed by atoms with Gasteiger partial charge >= 0.3 is 0 Å². The summed E-state index contributed by atoms with van der Waals surface area (Å²) >= 11 is 0. The lowest BCUT2D eigenvalue weighted by molar-refractivity contribution is 0.639. The van der Waals surface area contributed by atoms with Gasteiger partial charge < -0.3 is 0 Å². The van der Waals surface area contributed by atoms with Crippen molar-refractivity contribution < 1.29 is 0 Å². The van der Waals surface area contributed by atoms with E-state index in [1.54, 1.807) is 0 Å². The summed E-state index contributed by atoms with van der Waals surface area (Å²) in [6, 6.07) is 37.8. The lowest BCUT2D eigenvalue weighted by atomic mass is 9.68. The van der Waals surface area contributed by atoms with Gasteiger partial charge in [-0.2, -0.15) is 0 Å². The van der Waals surface area contributed by atoms with Gasteiger partial charge in [-0.1, -0.05) is 118 Å². The third-order valence-electron chi connectivity index (χ3n) is 9.79. The van der Waals surface area contributed by atoms with Crippen molar-refractivity contribution >= 4 is 21.5 Å². The van der Waals surface area contributed by atoms with Crippen LogP contribution in [-0.2, 0) is 10.8 Å². The monoisotopic (exact) mass is 524 g/mol. The van der Waals surface area contributed by atoms with Crippen LogP contribution < -0.4 is 0 Å². The molecular weight excluding hydrogens is 492 g/mol. The molecule has 6 aromatic rings. The highest BCUT2D eigenvalue weighted by molar-refractivity contribution is 6.09. The Hall–Kier alpha value is -4.60. The van der Waals surface area contributed by atoms with Crippen LogP contribution in [0.15, 0.2) is 103 Å². The van der Waals surface area contributed by atoms with Crippen LogP contribution in [-0.4, -0.2) is 0 Å². The molecule has 196 valence electrons. The SMILES string of the molecule is Cc1cc2c3c4c(cccc14)C(C)(C)c1cc(C#Cc4ccc(-c5cccc6ccccc56)cc4)cc(c1-3)C2(C)C. The maximum Gasteiger partial charge on any atom is 0.0255 e. The summed E-state index contributed by atoms with van der Waals surface area (Å²) in [5, 5.41) is 5.39. The molecule has 0 saturated heterocycles. The first-order valence-corrected chi connectivity index (χ1v) is 14.6. The van der Waals surface area contributed by atoms with Gasteiger partial charge in [0.25, 0.3) is 0 Å². The van der Waals surface area contributed by atoms with E-state index in [2.05, 4.69) is 150 Å². The first-order chi connectivity index (χ1) is 19.7. The first kappa shape index (κ1) is 24.2. The molecule has 0 unspecified atom stereocenters. The van der Waals surface area contributed by atoms with Crippen LogP contribution in [0.5, 0.6) is 0 Å². The zero-order valence-corrected chi connectivity index (χ0v) is 24.3. The lowest BCUT2D eigenvalue weighted by Gasteiger charge is -2.35. The molecule has 41 heavy (non-hydrogen) atoms. The van der Waals surface area contributed by atoms with Crippen LogP contribution in [0.2, 0.25) is 0 Å². The number of hydrogen-bond donors (Lipinski definition) is 0. The van der Waals surface area contributed by atoms with Gasteiger partial charge in [-0.25, -0.2) is 0 Å². The molecule has 0 N–H and O–H groups in total. The molecular formula is C41H32. The first-order valence-electron chi connectivity index (χ1n) is 14.6. The average molecular weight is 525 g/mol. The van der Waals surface area contributed by atoms with Crippen molar-refractivity contribution in [3.63, 3.8) is 0 Å². The van der Waals surface area contributed by atoms with Crippen molar-refractivity contribution in [2.45, 2.75) is 45.4 Å². The number of fused-ring (bicyclic) bond motifs is 1. The average Bonchev–Trinajstić information content (AvgIpc) is 3.21. The van der Waals surface area contributed by atoms with Crippen molar-refractivity contribution in [1.82, 2.24) is 0 Å². The van der Waals surface area contributed by atoms with E-state index in [9.17, 15) is 0 Å². The van der Waals surface area contributed by atoms with Gasteiger partial charge in [0.05, 0.1) is 0 Å². The van der Waals surface area contributed by atoms with E-state index in [1.807, 2.05) is 0 Å². The van der Waals surface area contributed by atoms with Crippen LogP contribution in [0.1, 0.15) is 66.6 Å². The smallest absolute Gasteiger partial charge is 0.0255 e. The van der Waals surface area contributed by atoms with Crippen molar-refractivity contribution in [2.24, 2.45) is 0 Å². The van der Waals surface area contributed by atoms with E-state index in [0.717, 1.165) is 11.1 Å². The minimum Gasteiger partial charge on any atom is -0.0617 e. The second kappa shape index (κ2) is 8.22. The fraction of sp³-hybridized carbons (Fsp3) is 0.171. The quantitative estimate of drug-likeness (QED) is 0.188. The van der Waals surface area contributed by atoms with Gasteiger partial charge in [0, 0.05) is 22.0 Å². The Labute approximate surface area is 242 Å². The second-order valence-corrected chi connectivity index (χ2v) is 12.9. The fourth-order valence-electron chi connectivity index (χ4n) is 7.54. The number of aryl methyl sites for hydroxylation is 1. The van der Waals surface area contributed by atoms with Crippen LogP contribution in [0.3, 0.4) is 0 Å². The molecule has 0 saturated carbocycles. The Bertz CT molecular complexity index is 2130. The molecule has 2 aliphatic rings. The molecule has 0 amide bonds. The Morgan fingerprint density at radius 3 is 1.90 bits per heavy atom. The van der Waals surface area contributed by atoms with Crippen LogP contribution in [0, 0.1) is 18.8 Å². The van der Waals surface area contributed by atoms with Crippen molar-refractivity contribution in [3.8, 4) is 34.1 Å². The summed E-state index contributed by atoms with van der Waals surface area (Å²) in [4.78, 5) is 0. The predicted octanol–water partition coefficient (Wildman–Crippen LogP) is 10.3. The second-order valence-electron chi connectivity index (χ2n) is 12.9. The lowest BCUT2D eigenvalue weighted by Crippen LogP contribution is -2.24. The molecule has 8 rings (SSSR count). The Morgan fingerprint density at radius 1 is 0.512 bits per heavy atom. The van der Waals surface area contributed by atoms with Crippen molar-refractivity contribution in [3.05, 3.63) is 142 Å². The Morgan fingerprint density at radius 2 is 1.12 bits per heavy atom. The highest BCUT2D eigenvalue weighted by Crippen LogP contribution is 2.60. The predicted molar refractivity (Wildman–Crippen MR) is 174 cm³/mol. The molecule has 0 fully saturated rings. The van der Waals surface area contributed by atoms with E-state index in [-0.39, 0.29) is 10.8 Å². The summed E-state index contributed by atoms with van der Waals surface area (Å²) in [5.74, 6) is 7.05. The van der Waals surface area contributed by atoms with Gasteiger partial charge in [-0.15, -0.1) is 0 Å². The molecule has 0 heterocycles.